The first-order chi connectivity index (χ1) is 8.15. The van der Waals surface area contributed by atoms with E-state index < -0.39 is 11.6 Å². The van der Waals surface area contributed by atoms with Crippen LogP contribution in [-0.2, 0) is 0 Å². The van der Waals surface area contributed by atoms with E-state index >= 15 is 0 Å². The summed E-state index contributed by atoms with van der Waals surface area (Å²) in [5.74, 6) is -1.20. The van der Waals surface area contributed by atoms with Crippen LogP contribution in [0.25, 0.3) is 5.57 Å². The topological polar surface area (TPSA) is 23.8 Å². The van der Waals surface area contributed by atoms with Crippen molar-refractivity contribution in [2.45, 2.75) is 33.1 Å². The molecule has 1 aromatic carbocycles. The molecule has 0 aliphatic rings. The number of benzene rings is 1. The Labute approximate surface area is 100 Å². The van der Waals surface area contributed by atoms with Crippen molar-refractivity contribution in [3.05, 3.63) is 41.0 Å². The summed E-state index contributed by atoms with van der Waals surface area (Å²) in [6, 6.07) is 3.81. The molecule has 0 unspecified atom stereocenters. The van der Waals surface area contributed by atoms with Gasteiger partial charge in [0.25, 0.3) is 0 Å². The number of nitriles is 1. The van der Waals surface area contributed by atoms with Gasteiger partial charge in [-0.15, -0.1) is 0 Å². The Morgan fingerprint density at radius 3 is 2.47 bits per heavy atom. The Morgan fingerprint density at radius 2 is 1.94 bits per heavy atom. The van der Waals surface area contributed by atoms with Crippen molar-refractivity contribution in [3.63, 3.8) is 0 Å². The molecule has 0 fully saturated rings. The number of hydrogen-bond donors (Lipinski definition) is 0. The maximum absolute atomic E-state index is 13.8. The lowest BCUT2D eigenvalue weighted by Gasteiger charge is -2.10. The number of nitrogens with zero attached hydrogens (tertiary/aromatic N) is 1. The minimum absolute atomic E-state index is 0.121. The maximum Gasteiger partial charge on any atom is 0.141 e. The van der Waals surface area contributed by atoms with Crippen LogP contribution in [0, 0.1) is 23.0 Å². The number of hydrogen-bond acceptors (Lipinski definition) is 1. The molecule has 3 heteroatoms. The lowest BCUT2D eigenvalue weighted by molar-refractivity contribution is 0.593. The normalized spacial score (nSPS) is 11.4. The first kappa shape index (κ1) is 13.4. The Balaban J connectivity index is 3.42. The summed E-state index contributed by atoms with van der Waals surface area (Å²) in [6.45, 7) is 3.89. The quantitative estimate of drug-likeness (QED) is 0.757. The van der Waals surface area contributed by atoms with E-state index in [-0.39, 0.29) is 11.1 Å². The zero-order chi connectivity index (χ0) is 12.8. The lowest BCUT2D eigenvalue weighted by Crippen LogP contribution is -1.98. The zero-order valence-corrected chi connectivity index (χ0v) is 10.1. The van der Waals surface area contributed by atoms with Crippen LogP contribution >= 0.6 is 0 Å². The van der Waals surface area contributed by atoms with Crippen LogP contribution in [-0.4, -0.2) is 0 Å². The molecule has 0 amide bonds. The van der Waals surface area contributed by atoms with Gasteiger partial charge in [-0.25, -0.2) is 8.78 Å². The van der Waals surface area contributed by atoms with Gasteiger partial charge in [-0.3, -0.25) is 0 Å². The van der Waals surface area contributed by atoms with E-state index in [9.17, 15) is 8.78 Å². The number of allylic oxidation sites excluding steroid dienone is 2. The van der Waals surface area contributed by atoms with E-state index in [1.165, 1.54) is 0 Å². The van der Waals surface area contributed by atoms with E-state index in [0.717, 1.165) is 25.0 Å². The fraction of sp³-hybridized carbons (Fsp3) is 0.357. The van der Waals surface area contributed by atoms with Crippen molar-refractivity contribution < 1.29 is 8.78 Å². The molecule has 0 bridgehead atoms. The van der Waals surface area contributed by atoms with Gasteiger partial charge in [0, 0.05) is 5.56 Å². The molecule has 0 spiro atoms. The summed E-state index contributed by atoms with van der Waals surface area (Å²) in [6.07, 6.45) is 4.05. The van der Waals surface area contributed by atoms with Crippen LogP contribution in [0.3, 0.4) is 0 Å². The van der Waals surface area contributed by atoms with Crippen LogP contribution < -0.4 is 0 Å². The van der Waals surface area contributed by atoms with E-state index in [1.807, 2.05) is 19.9 Å². The monoisotopic (exact) mass is 235 g/mol. The highest BCUT2D eigenvalue weighted by atomic mass is 19.1. The molecule has 0 aromatic heterocycles. The van der Waals surface area contributed by atoms with Gasteiger partial charge in [0.05, 0.1) is 5.56 Å². The van der Waals surface area contributed by atoms with Gasteiger partial charge >= 0.3 is 0 Å². The van der Waals surface area contributed by atoms with Crippen LogP contribution in [0.1, 0.15) is 44.2 Å². The molecule has 0 aliphatic heterocycles. The van der Waals surface area contributed by atoms with Crippen molar-refractivity contribution in [1.82, 2.24) is 0 Å². The van der Waals surface area contributed by atoms with E-state index in [2.05, 4.69) is 0 Å². The van der Waals surface area contributed by atoms with Crippen LogP contribution in [0.2, 0.25) is 0 Å². The molecular weight excluding hydrogens is 220 g/mol. The Kier molecular flexibility index (Phi) is 4.84. The second kappa shape index (κ2) is 6.15. The van der Waals surface area contributed by atoms with Crippen LogP contribution in [0.5, 0.6) is 0 Å². The Hall–Kier alpha value is -1.69. The fourth-order valence-electron chi connectivity index (χ4n) is 1.82. The third kappa shape index (κ3) is 2.91. The largest absolute Gasteiger partial charge is 0.206 e. The van der Waals surface area contributed by atoms with Gasteiger partial charge < -0.3 is 0 Å². The van der Waals surface area contributed by atoms with Gasteiger partial charge in [0.15, 0.2) is 0 Å². The average Bonchev–Trinajstić information content (AvgIpc) is 2.31. The SMILES string of the molecule is CC/C=C(\CCC)c1c(F)ccc(F)c1C#N. The van der Waals surface area contributed by atoms with Crippen molar-refractivity contribution >= 4 is 5.57 Å². The van der Waals surface area contributed by atoms with E-state index in [4.69, 9.17) is 5.26 Å². The van der Waals surface area contributed by atoms with E-state index in [0.29, 0.717) is 12.0 Å². The molecule has 1 nitrogen and oxygen atoms in total. The molecule has 90 valence electrons. The molecule has 0 N–H and O–H groups in total. The van der Waals surface area contributed by atoms with Gasteiger partial charge in [-0.2, -0.15) is 5.26 Å². The summed E-state index contributed by atoms with van der Waals surface area (Å²) in [4.78, 5) is 0. The van der Waals surface area contributed by atoms with Gasteiger partial charge in [-0.1, -0.05) is 26.3 Å². The minimum Gasteiger partial charge on any atom is -0.206 e. The highest BCUT2D eigenvalue weighted by Crippen LogP contribution is 2.28. The Morgan fingerprint density at radius 1 is 1.29 bits per heavy atom. The Bertz CT molecular complexity index is 470. The molecule has 0 heterocycles. The molecular formula is C14H15F2N. The first-order valence-electron chi connectivity index (χ1n) is 5.73. The molecule has 0 radical (unpaired) electrons. The summed E-state index contributed by atoms with van der Waals surface area (Å²) in [7, 11) is 0. The first-order valence-corrected chi connectivity index (χ1v) is 5.73. The molecule has 0 saturated carbocycles. The third-order valence-electron chi connectivity index (χ3n) is 2.51. The molecule has 0 aliphatic carbocycles. The standard InChI is InChI=1S/C14H15F2N/c1-3-5-10(6-4-2)14-11(9-17)12(15)7-8-13(14)16/h5,7-8H,3-4,6H2,1-2H3/b10-5+. The van der Waals surface area contributed by atoms with Gasteiger partial charge in [-0.05, 0) is 30.5 Å². The van der Waals surface area contributed by atoms with Crippen molar-refractivity contribution in [2.24, 2.45) is 0 Å². The summed E-state index contributed by atoms with van der Waals surface area (Å²) >= 11 is 0. The van der Waals surface area contributed by atoms with Crippen molar-refractivity contribution in [3.8, 4) is 6.07 Å². The van der Waals surface area contributed by atoms with Crippen LogP contribution in [0.15, 0.2) is 18.2 Å². The van der Waals surface area contributed by atoms with Gasteiger partial charge in [0.2, 0.25) is 0 Å². The fourth-order valence-corrected chi connectivity index (χ4v) is 1.82. The average molecular weight is 235 g/mol. The molecule has 1 rings (SSSR count). The number of halogens is 2. The summed E-state index contributed by atoms with van der Waals surface area (Å²) in [5, 5.41) is 8.93. The maximum atomic E-state index is 13.8. The van der Waals surface area contributed by atoms with E-state index in [1.54, 1.807) is 6.07 Å². The second-order valence-electron chi connectivity index (χ2n) is 3.78. The van der Waals surface area contributed by atoms with Crippen molar-refractivity contribution in [1.29, 1.82) is 5.26 Å². The molecule has 17 heavy (non-hydrogen) atoms. The predicted molar refractivity (Wildman–Crippen MR) is 64.2 cm³/mol. The summed E-state index contributed by atoms with van der Waals surface area (Å²) in [5.41, 5.74) is 0.637. The predicted octanol–water partition coefficient (Wildman–Crippen LogP) is 4.43. The molecule has 1 aromatic rings. The number of rotatable bonds is 4. The van der Waals surface area contributed by atoms with Crippen LogP contribution in [0.4, 0.5) is 8.78 Å². The van der Waals surface area contributed by atoms with Gasteiger partial charge in [0.1, 0.15) is 17.7 Å². The highest BCUT2D eigenvalue weighted by molar-refractivity contribution is 5.71. The zero-order valence-electron chi connectivity index (χ0n) is 10.1. The molecule has 0 atom stereocenters. The summed E-state index contributed by atoms with van der Waals surface area (Å²) < 4.78 is 27.2. The third-order valence-corrected chi connectivity index (χ3v) is 2.51. The highest BCUT2D eigenvalue weighted by Gasteiger charge is 2.16. The second-order valence-corrected chi connectivity index (χ2v) is 3.78. The smallest absolute Gasteiger partial charge is 0.141 e. The van der Waals surface area contributed by atoms with Crippen molar-refractivity contribution in [2.75, 3.05) is 0 Å². The lowest BCUT2D eigenvalue weighted by atomic mass is 9.95. The minimum atomic E-state index is -0.665. The molecule has 0 saturated heterocycles.